The highest BCUT2D eigenvalue weighted by Crippen LogP contribution is 2.16. The summed E-state index contributed by atoms with van der Waals surface area (Å²) in [4.78, 5) is 24.6. The molecule has 21 heavy (non-hydrogen) atoms. The minimum Gasteiger partial charge on any atom is -0.272 e. The standard InChI is InChI=1S/C15H16N2O2S2/c1-11-4-6-12(7-5-11)15(19)17-16-14(18)10-20-9-13-3-2-8-21-13/h2-8H,9-10H2,1H3,(H,16,18)(H,17,19). The number of hydrogen-bond acceptors (Lipinski definition) is 4. The van der Waals surface area contributed by atoms with Crippen molar-refractivity contribution in [3.8, 4) is 0 Å². The van der Waals surface area contributed by atoms with Crippen LogP contribution in [0.5, 0.6) is 0 Å². The van der Waals surface area contributed by atoms with Gasteiger partial charge in [-0.15, -0.1) is 23.1 Å². The lowest BCUT2D eigenvalue weighted by Crippen LogP contribution is -2.42. The molecule has 0 aliphatic heterocycles. The van der Waals surface area contributed by atoms with Crippen LogP contribution in [0.2, 0.25) is 0 Å². The van der Waals surface area contributed by atoms with Gasteiger partial charge in [0.2, 0.25) is 5.91 Å². The third-order valence-electron chi connectivity index (χ3n) is 2.69. The molecule has 0 radical (unpaired) electrons. The van der Waals surface area contributed by atoms with Gasteiger partial charge in [0.25, 0.3) is 5.91 Å². The van der Waals surface area contributed by atoms with Crippen LogP contribution in [-0.2, 0) is 10.5 Å². The summed E-state index contributed by atoms with van der Waals surface area (Å²) in [6, 6.07) is 11.2. The molecule has 0 saturated carbocycles. The molecule has 6 heteroatoms. The molecule has 0 saturated heterocycles. The van der Waals surface area contributed by atoms with Gasteiger partial charge in [0.15, 0.2) is 0 Å². The highest BCUT2D eigenvalue weighted by Gasteiger charge is 2.07. The average Bonchev–Trinajstić information content (AvgIpc) is 2.99. The zero-order valence-corrected chi connectivity index (χ0v) is 13.2. The summed E-state index contributed by atoms with van der Waals surface area (Å²) >= 11 is 3.18. The number of carbonyl (C=O) groups is 2. The van der Waals surface area contributed by atoms with E-state index in [-0.39, 0.29) is 11.8 Å². The SMILES string of the molecule is Cc1ccc(C(=O)NNC(=O)CSCc2cccs2)cc1. The number of thiophene rings is 1. The lowest BCUT2D eigenvalue weighted by Gasteiger charge is -2.07. The van der Waals surface area contributed by atoms with Crippen molar-refractivity contribution in [3.05, 3.63) is 57.8 Å². The van der Waals surface area contributed by atoms with Crippen molar-refractivity contribution >= 4 is 34.9 Å². The number of benzene rings is 1. The van der Waals surface area contributed by atoms with E-state index in [1.54, 1.807) is 23.5 Å². The van der Waals surface area contributed by atoms with E-state index < -0.39 is 0 Å². The summed E-state index contributed by atoms with van der Waals surface area (Å²) in [5.41, 5.74) is 6.44. The van der Waals surface area contributed by atoms with Crippen LogP contribution in [0.25, 0.3) is 0 Å². The number of hydrogen-bond donors (Lipinski definition) is 2. The summed E-state index contributed by atoms with van der Waals surface area (Å²) in [7, 11) is 0. The molecule has 0 aliphatic rings. The summed E-state index contributed by atoms with van der Waals surface area (Å²) in [5, 5.41) is 2.01. The van der Waals surface area contributed by atoms with Crippen LogP contribution in [0.1, 0.15) is 20.8 Å². The summed E-state index contributed by atoms with van der Waals surface area (Å²) in [6.45, 7) is 1.95. The first-order chi connectivity index (χ1) is 10.1. The van der Waals surface area contributed by atoms with Gasteiger partial charge in [0.05, 0.1) is 5.75 Å². The van der Waals surface area contributed by atoms with Crippen molar-refractivity contribution in [2.75, 3.05) is 5.75 Å². The molecular weight excluding hydrogens is 304 g/mol. The number of carbonyl (C=O) groups excluding carboxylic acids is 2. The number of thioether (sulfide) groups is 1. The van der Waals surface area contributed by atoms with Gasteiger partial charge in [-0.2, -0.15) is 0 Å². The molecular formula is C15H16N2O2S2. The predicted octanol–water partition coefficient (Wildman–Crippen LogP) is 2.75. The van der Waals surface area contributed by atoms with Gasteiger partial charge < -0.3 is 0 Å². The molecule has 2 rings (SSSR count). The van der Waals surface area contributed by atoms with Crippen LogP contribution in [0.15, 0.2) is 41.8 Å². The normalized spacial score (nSPS) is 10.1. The van der Waals surface area contributed by atoms with E-state index in [4.69, 9.17) is 0 Å². The summed E-state index contributed by atoms with van der Waals surface area (Å²) < 4.78 is 0. The number of aryl methyl sites for hydroxylation is 1. The molecule has 2 amide bonds. The van der Waals surface area contributed by atoms with Crippen LogP contribution >= 0.6 is 23.1 Å². The van der Waals surface area contributed by atoms with E-state index in [2.05, 4.69) is 10.9 Å². The molecule has 0 aliphatic carbocycles. The van der Waals surface area contributed by atoms with Crippen molar-refractivity contribution < 1.29 is 9.59 Å². The monoisotopic (exact) mass is 320 g/mol. The zero-order chi connectivity index (χ0) is 15.1. The van der Waals surface area contributed by atoms with E-state index in [0.29, 0.717) is 11.3 Å². The van der Waals surface area contributed by atoms with Crippen LogP contribution in [0, 0.1) is 6.92 Å². The van der Waals surface area contributed by atoms with Gasteiger partial charge in [-0.3, -0.25) is 20.4 Å². The maximum absolute atomic E-state index is 11.8. The van der Waals surface area contributed by atoms with Gasteiger partial charge >= 0.3 is 0 Å². The maximum atomic E-state index is 11.8. The fraction of sp³-hybridized carbons (Fsp3) is 0.200. The number of nitrogens with one attached hydrogen (secondary N) is 2. The molecule has 0 fully saturated rings. The van der Waals surface area contributed by atoms with E-state index in [1.165, 1.54) is 16.6 Å². The molecule has 0 unspecified atom stereocenters. The third-order valence-corrected chi connectivity index (χ3v) is 4.73. The molecule has 1 heterocycles. The van der Waals surface area contributed by atoms with Gasteiger partial charge in [-0.25, -0.2) is 0 Å². The second kappa shape index (κ2) is 7.85. The molecule has 2 aromatic rings. The molecule has 0 bridgehead atoms. The number of rotatable bonds is 5. The van der Waals surface area contributed by atoms with Crippen LogP contribution in [-0.4, -0.2) is 17.6 Å². The van der Waals surface area contributed by atoms with E-state index in [9.17, 15) is 9.59 Å². The second-order valence-corrected chi connectivity index (χ2v) is 6.46. The Labute approximate surface area is 131 Å². The lowest BCUT2D eigenvalue weighted by atomic mass is 10.1. The zero-order valence-electron chi connectivity index (χ0n) is 11.6. The van der Waals surface area contributed by atoms with Crippen molar-refractivity contribution in [2.45, 2.75) is 12.7 Å². The molecule has 1 aromatic heterocycles. The number of hydrazine groups is 1. The van der Waals surface area contributed by atoms with Crippen molar-refractivity contribution in [3.63, 3.8) is 0 Å². The molecule has 110 valence electrons. The van der Waals surface area contributed by atoms with Gasteiger partial charge in [-0.05, 0) is 30.5 Å². The summed E-state index contributed by atoms with van der Waals surface area (Å²) in [6.07, 6.45) is 0. The predicted molar refractivity (Wildman–Crippen MR) is 87.3 cm³/mol. The average molecular weight is 320 g/mol. The maximum Gasteiger partial charge on any atom is 0.269 e. The van der Waals surface area contributed by atoms with Gasteiger partial charge in [0.1, 0.15) is 0 Å². The first-order valence-corrected chi connectivity index (χ1v) is 8.44. The topological polar surface area (TPSA) is 58.2 Å². The smallest absolute Gasteiger partial charge is 0.269 e. The fourth-order valence-electron chi connectivity index (χ4n) is 1.58. The van der Waals surface area contributed by atoms with Crippen LogP contribution < -0.4 is 10.9 Å². The lowest BCUT2D eigenvalue weighted by molar-refractivity contribution is -0.119. The third kappa shape index (κ3) is 5.24. The Hall–Kier alpha value is -1.79. The highest BCUT2D eigenvalue weighted by molar-refractivity contribution is 7.99. The largest absolute Gasteiger partial charge is 0.272 e. The van der Waals surface area contributed by atoms with Crippen LogP contribution in [0.3, 0.4) is 0 Å². The Morgan fingerprint density at radius 1 is 1.14 bits per heavy atom. The quantitative estimate of drug-likeness (QED) is 0.833. The minimum absolute atomic E-state index is 0.211. The molecule has 1 aromatic carbocycles. The first kappa shape index (κ1) is 15.6. The molecule has 0 atom stereocenters. The van der Waals surface area contributed by atoms with E-state index in [1.807, 2.05) is 36.6 Å². The van der Waals surface area contributed by atoms with Crippen LogP contribution in [0.4, 0.5) is 0 Å². The van der Waals surface area contributed by atoms with E-state index >= 15 is 0 Å². The van der Waals surface area contributed by atoms with E-state index in [0.717, 1.165) is 11.3 Å². The summed E-state index contributed by atoms with van der Waals surface area (Å²) in [5.74, 6) is 0.590. The Morgan fingerprint density at radius 2 is 1.90 bits per heavy atom. The van der Waals surface area contributed by atoms with Crippen molar-refractivity contribution in [1.82, 2.24) is 10.9 Å². The molecule has 2 N–H and O–H groups in total. The number of amides is 2. The molecule has 0 spiro atoms. The first-order valence-electron chi connectivity index (χ1n) is 6.41. The van der Waals surface area contributed by atoms with Gasteiger partial charge in [-0.1, -0.05) is 23.8 Å². The Bertz CT molecular complexity index is 595. The Balaban J connectivity index is 1.68. The second-order valence-electron chi connectivity index (χ2n) is 4.44. The Kier molecular flexibility index (Phi) is 5.83. The Morgan fingerprint density at radius 3 is 2.57 bits per heavy atom. The minimum atomic E-state index is -0.313. The molecule has 4 nitrogen and oxygen atoms in total. The fourth-order valence-corrected chi connectivity index (χ4v) is 3.25. The highest BCUT2D eigenvalue weighted by atomic mass is 32.2. The van der Waals surface area contributed by atoms with Gasteiger partial charge in [0, 0.05) is 16.2 Å². The van der Waals surface area contributed by atoms with Crippen molar-refractivity contribution in [1.29, 1.82) is 0 Å². The van der Waals surface area contributed by atoms with Crippen molar-refractivity contribution in [2.24, 2.45) is 0 Å².